The summed E-state index contributed by atoms with van der Waals surface area (Å²) in [7, 11) is 1.51. The number of benzene rings is 1. The highest BCUT2D eigenvalue weighted by Gasteiger charge is 2.13. The van der Waals surface area contributed by atoms with Gasteiger partial charge in [-0.1, -0.05) is 23.7 Å². The van der Waals surface area contributed by atoms with Crippen molar-refractivity contribution < 1.29 is 4.79 Å². The summed E-state index contributed by atoms with van der Waals surface area (Å²) in [6, 6.07) is 7.28. The van der Waals surface area contributed by atoms with Crippen molar-refractivity contribution in [3.05, 3.63) is 61.3 Å². The van der Waals surface area contributed by atoms with Gasteiger partial charge in [-0.15, -0.1) is 11.3 Å². The van der Waals surface area contributed by atoms with E-state index in [-0.39, 0.29) is 29.9 Å². The zero-order valence-corrected chi connectivity index (χ0v) is 16.7. The molecule has 0 spiro atoms. The zero-order valence-electron chi connectivity index (χ0n) is 15.2. The molecule has 0 atom stereocenters. The third-order valence-electron chi connectivity index (χ3n) is 4.28. The number of nitrogens with one attached hydrogen (secondary N) is 3. The van der Waals surface area contributed by atoms with Gasteiger partial charge in [0.15, 0.2) is 10.8 Å². The number of amides is 1. The smallest absolute Gasteiger partial charge is 0.329 e. The molecule has 0 saturated carbocycles. The van der Waals surface area contributed by atoms with E-state index >= 15 is 0 Å². The standard InChI is InChI=1S/C18H15ClN6O3S/c1-25-15-14(16(27)24-18(25)28)21-12(22-15)6-7-13(26)23-17-20-11(8-29-17)9-2-4-10(19)5-3-9/h2-5,8H,6-7H2,1H3,(H,21,22)(H,20,23,26)(H,24,27,28). The van der Waals surface area contributed by atoms with Crippen molar-refractivity contribution >= 4 is 45.1 Å². The molecule has 9 nitrogen and oxygen atoms in total. The first-order valence-electron chi connectivity index (χ1n) is 8.60. The van der Waals surface area contributed by atoms with Crippen LogP contribution in [0.5, 0.6) is 0 Å². The Balaban J connectivity index is 1.42. The van der Waals surface area contributed by atoms with Gasteiger partial charge in [-0.3, -0.25) is 19.1 Å². The van der Waals surface area contributed by atoms with Gasteiger partial charge in [-0.25, -0.2) is 14.8 Å². The number of halogens is 1. The molecule has 4 aromatic rings. The van der Waals surface area contributed by atoms with Gasteiger partial charge >= 0.3 is 5.69 Å². The molecule has 0 aliphatic rings. The minimum atomic E-state index is -0.543. The maximum absolute atomic E-state index is 12.3. The molecule has 1 aromatic carbocycles. The van der Waals surface area contributed by atoms with Crippen LogP contribution in [0.1, 0.15) is 12.2 Å². The second kappa shape index (κ2) is 7.64. The van der Waals surface area contributed by atoms with Gasteiger partial charge in [0, 0.05) is 35.9 Å². The molecule has 4 rings (SSSR count). The lowest BCUT2D eigenvalue weighted by Gasteiger charge is -2.00. The summed E-state index contributed by atoms with van der Waals surface area (Å²) in [4.78, 5) is 49.4. The quantitative estimate of drug-likeness (QED) is 0.448. The lowest BCUT2D eigenvalue weighted by atomic mass is 10.2. The minimum absolute atomic E-state index is 0.140. The van der Waals surface area contributed by atoms with Gasteiger partial charge in [-0.2, -0.15) is 0 Å². The van der Waals surface area contributed by atoms with Crippen LogP contribution in [0.15, 0.2) is 39.2 Å². The summed E-state index contributed by atoms with van der Waals surface area (Å²) in [5, 5.41) is 5.74. The van der Waals surface area contributed by atoms with Crippen molar-refractivity contribution in [2.75, 3.05) is 5.32 Å². The molecule has 0 bridgehead atoms. The Bertz CT molecular complexity index is 1320. The summed E-state index contributed by atoms with van der Waals surface area (Å²) in [6.07, 6.45) is 0.422. The highest BCUT2D eigenvalue weighted by atomic mass is 35.5. The molecular weight excluding hydrogens is 416 g/mol. The van der Waals surface area contributed by atoms with Gasteiger partial charge < -0.3 is 10.3 Å². The Labute approximate surface area is 172 Å². The van der Waals surface area contributed by atoms with Crippen LogP contribution in [0.3, 0.4) is 0 Å². The van der Waals surface area contributed by atoms with Crippen LogP contribution < -0.4 is 16.6 Å². The molecule has 0 saturated heterocycles. The Morgan fingerprint density at radius 2 is 1.97 bits per heavy atom. The predicted octanol–water partition coefficient (Wildman–Crippen LogP) is 2.30. The number of carbonyl (C=O) groups excluding carboxylic acids is 1. The zero-order chi connectivity index (χ0) is 20.5. The van der Waals surface area contributed by atoms with Crippen LogP contribution in [0.25, 0.3) is 22.4 Å². The first-order valence-corrected chi connectivity index (χ1v) is 9.85. The number of carbonyl (C=O) groups is 1. The highest BCUT2D eigenvalue weighted by molar-refractivity contribution is 7.14. The number of imidazole rings is 1. The number of aryl methyl sites for hydroxylation is 2. The Morgan fingerprint density at radius 3 is 2.72 bits per heavy atom. The number of thiazole rings is 1. The molecule has 3 heterocycles. The van der Waals surface area contributed by atoms with E-state index in [1.165, 1.54) is 23.0 Å². The van der Waals surface area contributed by atoms with Crippen LogP contribution in [0, 0.1) is 0 Å². The van der Waals surface area contributed by atoms with Crippen LogP contribution in [-0.4, -0.2) is 30.4 Å². The van der Waals surface area contributed by atoms with Gasteiger partial charge in [-0.05, 0) is 12.1 Å². The summed E-state index contributed by atoms with van der Waals surface area (Å²) in [6.45, 7) is 0. The normalized spacial score (nSPS) is 11.1. The average Bonchev–Trinajstić information content (AvgIpc) is 3.33. The average molecular weight is 431 g/mol. The second-order valence-electron chi connectivity index (χ2n) is 6.29. The van der Waals surface area contributed by atoms with E-state index in [2.05, 4.69) is 25.3 Å². The van der Waals surface area contributed by atoms with E-state index in [4.69, 9.17) is 11.6 Å². The summed E-state index contributed by atoms with van der Waals surface area (Å²) in [5.74, 6) is 0.216. The van der Waals surface area contributed by atoms with E-state index in [0.29, 0.717) is 16.0 Å². The van der Waals surface area contributed by atoms with E-state index in [1.54, 1.807) is 12.1 Å². The fourth-order valence-corrected chi connectivity index (χ4v) is 3.63. The minimum Gasteiger partial charge on any atom is -0.336 e. The SMILES string of the molecule is Cn1c(=O)[nH]c(=O)c2[nH]c(CCC(=O)Nc3nc(-c4ccc(Cl)cc4)cs3)nc21. The highest BCUT2D eigenvalue weighted by Crippen LogP contribution is 2.26. The molecule has 3 aromatic heterocycles. The molecule has 11 heteroatoms. The monoisotopic (exact) mass is 430 g/mol. The number of aromatic nitrogens is 5. The number of anilines is 1. The lowest BCUT2D eigenvalue weighted by Crippen LogP contribution is -2.28. The summed E-state index contributed by atoms with van der Waals surface area (Å²) in [5.41, 5.74) is 1.03. The summed E-state index contributed by atoms with van der Waals surface area (Å²) < 4.78 is 1.24. The Kier molecular flexibility index (Phi) is 5.03. The number of hydrogen-bond acceptors (Lipinski definition) is 6. The largest absolute Gasteiger partial charge is 0.336 e. The van der Waals surface area contributed by atoms with Crippen LogP contribution in [0.2, 0.25) is 5.02 Å². The number of hydrogen-bond donors (Lipinski definition) is 3. The fourth-order valence-electron chi connectivity index (χ4n) is 2.77. The maximum Gasteiger partial charge on any atom is 0.329 e. The molecule has 3 N–H and O–H groups in total. The van der Waals surface area contributed by atoms with Gasteiger partial charge in [0.25, 0.3) is 5.56 Å². The second-order valence-corrected chi connectivity index (χ2v) is 7.59. The molecule has 1 amide bonds. The molecule has 0 aliphatic carbocycles. The van der Waals surface area contributed by atoms with E-state index in [1.807, 2.05) is 17.5 Å². The molecule has 0 unspecified atom stereocenters. The number of H-pyrrole nitrogens is 2. The number of aromatic amines is 2. The van der Waals surface area contributed by atoms with Gasteiger partial charge in [0.1, 0.15) is 11.3 Å². The maximum atomic E-state index is 12.3. The van der Waals surface area contributed by atoms with Crippen LogP contribution in [0.4, 0.5) is 5.13 Å². The van der Waals surface area contributed by atoms with Crippen LogP contribution >= 0.6 is 22.9 Å². The molecule has 0 fully saturated rings. The third-order valence-corrected chi connectivity index (χ3v) is 5.29. The van der Waals surface area contributed by atoms with Gasteiger partial charge in [0.2, 0.25) is 5.91 Å². The number of rotatable bonds is 5. The summed E-state index contributed by atoms with van der Waals surface area (Å²) >= 11 is 7.22. The van der Waals surface area contributed by atoms with Crippen molar-refractivity contribution in [2.24, 2.45) is 7.05 Å². The third kappa shape index (κ3) is 3.98. The van der Waals surface area contributed by atoms with Crippen molar-refractivity contribution in [2.45, 2.75) is 12.8 Å². The predicted molar refractivity (Wildman–Crippen MR) is 111 cm³/mol. The topological polar surface area (TPSA) is 126 Å². The van der Waals surface area contributed by atoms with E-state index in [0.717, 1.165) is 11.3 Å². The van der Waals surface area contributed by atoms with Gasteiger partial charge in [0.05, 0.1) is 5.69 Å². The Morgan fingerprint density at radius 1 is 1.21 bits per heavy atom. The molecule has 29 heavy (non-hydrogen) atoms. The first kappa shape index (κ1) is 19.1. The number of nitrogens with zero attached hydrogens (tertiary/aromatic N) is 3. The van der Waals surface area contributed by atoms with Crippen molar-refractivity contribution in [3.63, 3.8) is 0 Å². The van der Waals surface area contributed by atoms with Crippen LogP contribution in [-0.2, 0) is 18.3 Å². The van der Waals surface area contributed by atoms with Crippen molar-refractivity contribution in [1.82, 2.24) is 24.5 Å². The molecular formula is C18H15ClN6O3S. The molecule has 148 valence electrons. The lowest BCUT2D eigenvalue weighted by molar-refractivity contribution is -0.116. The van der Waals surface area contributed by atoms with Crippen molar-refractivity contribution in [1.29, 1.82) is 0 Å². The Hall–Kier alpha value is -3.24. The molecule has 0 radical (unpaired) electrons. The molecule has 0 aliphatic heterocycles. The van der Waals surface area contributed by atoms with Crippen molar-refractivity contribution in [3.8, 4) is 11.3 Å². The van der Waals surface area contributed by atoms with E-state index in [9.17, 15) is 14.4 Å². The van der Waals surface area contributed by atoms with E-state index < -0.39 is 11.2 Å². The fraction of sp³-hybridized carbons (Fsp3) is 0.167. The number of fused-ring (bicyclic) bond motifs is 1. The first-order chi connectivity index (χ1) is 13.9.